The van der Waals surface area contributed by atoms with E-state index in [2.05, 4.69) is 20.4 Å². The van der Waals surface area contributed by atoms with Gasteiger partial charge in [-0.3, -0.25) is 4.79 Å². The van der Waals surface area contributed by atoms with E-state index in [4.69, 9.17) is 16.1 Å². The average Bonchev–Trinajstić information content (AvgIpc) is 3.04. The molecule has 0 aliphatic carbocycles. The first-order valence-electron chi connectivity index (χ1n) is 7.10. The van der Waals surface area contributed by atoms with Crippen molar-refractivity contribution in [1.82, 2.24) is 20.4 Å². The summed E-state index contributed by atoms with van der Waals surface area (Å²) in [5, 5.41) is 7.12. The van der Waals surface area contributed by atoms with E-state index < -0.39 is 11.7 Å². The van der Waals surface area contributed by atoms with Crippen LogP contribution in [0, 0.1) is 5.82 Å². The molecule has 3 aromatic rings. The SMILES string of the molecule is O=C(NCCc1nc(-c2cccc(Cl)c2)no1)c1ccc(F)cn1. The van der Waals surface area contributed by atoms with E-state index in [9.17, 15) is 9.18 Å². The Morgan fingerprint density at radius 2 is 2.17 bits per heavy atom. The number of carbonyl (C=O) groups is 1. The van der Waals surface area contributed by atoms with Crippen LogP contribution in [0.4, 0.5) is 4.39 Å². The minimum Gasteiger partial charge on any atom is -0.350 e. The summed E-state index contributed by atoms with van der Waals surface area (Å²) in [7, 11) is 0. The quantitative estimate of drug-likeness (QED) is 0.768. The van der Waals surface area contributed by atoms with Crippen molar-refractivity contribution in [1.29, 1.82) is 0 Å². The highest BCUT2D eigenvalue weighted by Gasteiger charge is 2.11. The number of halogens is 2. The molecule has 1 amide bonds. The Labute approximate surface area is 141 Å². The number of amides is 1. The molecule has 6 nitrogen and oxygen atoms in total. The van der Waals surface area contributed by atoms with E-state index in [-0.39, 0.29) is 12.2 Å². The third-order valence-electron chi connectivity index (χ3n) is 3.14. The minimum absolute atomic E-state index is 0.140. The van der Waals surface area contributed by atoms with Crippen molar-refractivity contribution in [3.05, 3.63) is 65.0 Å². The number of nitrogens with one attached hydrogen (secondary N) is 1. The third-order valence-corrected chi connectivity index (χ3v) is 3.37. The number of rotatable bonds is 5. The highest BCUT2D eigenvalue weighted by Crippen LogP contribution is 2.19. The predicted octanol–water partition coefficient (Wildman–Crippen LogP) is 2.90. The van der Waals surface area contributed by atoms with Crippen LogP contribution in [0.1, 0.15) is 16.4 Å². The van der Waals surface area contributed by atoms with Gasteiger partial charge < -0.3 is 9.84 Å². The maximum Gasteiger partial charge on any atom is 0.269 e. The van der Waals surface area contributed by atoms with Crippen molar-refractivity contribution in [2.45, 2.75) is 6.42 Å². The second-order valence-electron chi connectivity index (χ2n) is 4.89. The molecule has 0 aliphatic heterocycles. The zero-order valence-electron chi connectivity index (χ0n) is 12.4. The van der Waals surface area contributed by atoms with Crippen molar-refractivity contribution in [3.8, 4) is 11.4 Å². The van der Waals surface area contributed by atoms with Crippen LogP contribution in [0.3, 0.4) is 0 Å². The fourth-order valence-electron chi connectivity index (χ4n) is 1.98. The van der Waals surface area contributed by atoms with Gasteiger partial charge in [-0.25, -0.2) is 9.37 Å². The molecular formula is C16H12ClFN4O2. The van der Waals surface area contributed by atoms with E-state index >= 15 is 0 Å². The maximum atomic E-state index is 12.8. The first-order valence-corrected chi connectivity index (χ1v) is 7.48. The van der Waals surface area contributed by atoms with Crippen LogP contribution >= 0.6 is 11.6 Å². The van der Waals surface area contributed by atoms with Gasteiger partial charge in [-0.2, -0.15) is 4.98 Å². The van der Waals surface area contributed by atoms with E-state index in [0.29, 0.717) is 23.2 Å². The van der Waals surface area contributed by atoms with Crippen LogP contribution in [0.25, 0.3) is 11.4 Å². The number of nitrogens with zero attached hydrogens (tertiary/aromatic N) is 3. The molecule has 1 N–H and O–H groups in total. The van der Waals surface area contributed by atoms with Gasteiger partial charge >= 0.3 is 0 Å². The molecule has 0 saturated carbocycles. The molecule has 0 unspecified atom stereocenters. The summed E-state index contributed by atoms with van der Waals surface area (Å²) < 4.78 is 17.9. The lowest BCUT2D eigenvalue weighted by Crippen LogP contribution is -2.26. The number of benzene rings is 1. The van der Waals surface area contributed by atoms with Gasteiger partial charge in [0.25, 0.3) is 5.91 Å². The molecule has 0 atom stereocenters. The smallest absolute Gasteiger partial charge is 0.269 e. The van der Waals surface area contributed by atoms with Crippen molar-refractivity contribution >= 4 is 17.5 Å². The van der Waals surface area contributed by atoms with Crippen LogP contribution in [0.15, 0.2) is 47.1 Å². The minimum atomic E-state index is -0.494. The lowest BCUT2D eigenvalue weighted by Gasteiger charge is -2.02. The molecule has 1 aromatic carbocycles. The Bertz CT molecular complexity index is 851. The average molecular weight is 347 g/mol. The van der Waals surface area contributed by atoms with Gasteiger partial charge in [0.05, 0.1) is 6.20 Å². The summed E-state index contributed by atoms with van der Waals surface area (Å²) in [6.07, 6.45) is 1.35. The van der Waals surface area contributed by atoms with Crippen molar-refractivity contribution in [2.75, 3.05) is 6.54 Å². The third kappa shape index (κ3) is 3.94. The molecule has 0 radical (unpaired) electrons. The number of pyridine rings is 1. The summed E-state index contributed by atoms with van der Waals surface area (Å²) >= 11 is 5.92. The number of carbonyl (C=O) groups excluding carboxylic acids is 1. The monoisotopic (exact) mass is 346 g/mol. The standard InChI is InChI=1S/C16H12ClFN4O2/c17-11-3-1-2-10(8-11)15-21-14(24-22-15)6-7-19-16(23)13-5-4-12(18)9-20-13/h1-5,8-9H,6-7H2,(H,19,23). The summed E-state index contributed by atoms with van der Waals surface area (Å²) in [5.41, 5.74) is 0.888. The van der Waals surface area contributed by atoms with Crippen LogP contribution in [0.5, 0.6) is 0 Å². The summed E-state index contributed by atoms with van der Waals surface area (Å²) in [5.74, 6) is -0.0769. The summed E-state index contributed by atoms with van der Waals surface area (Å²) in [6.45, 7) is 0.287. The molecule has 3 rings (SSSR count). The van der Waals surface area contributed by atoms with Gasteiger partial charge in [0.2, 0.25) is 11.7 Å². The Kier molecular flexibility index (Phi) is 4.81. The molecule has 2 heterocycles. The lowest BCUT2D eigenvalue weighted by molar-refractivity contribution is 0.0948. The molecular weight excluding hydrogens is 335 g/mol. The lowest BCUT2D eigenvalue weighted by atomic mass is 10.2. The summed E-state index contributed by atoms with van der Waals surface area (Å²) in [6, 6.07) is 9.60. The fraction of sp³-hybridized carbons (Fsp3) is 0.125. The first kappa shape index (κ1) is 16.1. The van der Waals surface area contributed by atoms with Gasteiger partial charge in [-0.15, -0.1) is 0 Å². The normalized spacial score (nSPS) is 10.6. The maximum absolute atomic E-state index is 12.8. The Morgan fingerprint density at radius 3 is 2.92 bits per heavy atom. The molecule has 0 fully saturated rings. The Morgan fingerprint density at radius 1 is 1.29 bits per heavy atom. The molecule has 0 aliphatic rings. The number of hydrogen-bond donors (Lipinski definition) is 1. The number of aromatic nitrogens is 3. The molecule has 122 valence electrons. The summed E-state index contributed by atoms with van der Waals surface area (Å²) in [4.78, 5) is 19.8. The fourth-order valence-corrected chi connectivity index (χ4v) is 2.18. The second kappa shape index (κ2) is 7.18. The van der Waals surface area contributed by atoms with Crippen LogP contribution < -0.4 is 5.32 Å². The van der Waals surface area contributed by atoms with E-state index in [0.717, 1.165) is 11.8 Å². The zero-order valence-corrected chi connectivity index (χ0v) is 13.1. The van der Waals surface area contributed by atoms with Crippen LogP contribution in [-0.2, 0) is 6.42 Å². The molecule has 0 bridgehead atoms. The van der Waals surface area contributed by atoms with E-state index in [1.54, 1.807) is 18.2 Å². The van der Waals surface area contributed by atoms with Gasteiger partial charge in [0.1, 0.15) is 11.5 Å². The molecule has 8 heteroatoms. The van der Waals surface area contributed by atoms with E-state index in [1.165, 1.54) is 12.1 Å². The van der Waals surface area contributed by atoms with Crippen molar-refractivity contribution in [3.63, 3.8) is 0 Å². The highest BCUT2D eigenvalue weighted by atomic mass is 35.5. The zero-order chi connectivity index (χ0) is 16.9. The second-order valence-corrected chi connectivity index (χ2v) is 5.33. The Balaban J connectivity index is 1.56. The molecule has 2 aromatic heterocycles. The van der Waals surface area contributed by atoms with Crippen LogP contribution in [-0.4, -0.2) is 27.6 Å². The van der Waals surface area contributed by atoms with Gasteiger partial charge in [-0.05, 0) is 24.3 Å². The van der Waals surface area contributed by atoms with Crippen molar-refractivity contribution < 1.29 is 13.7 Å². The topological polar surface area (TPSA) is 80.9 Å². The van der Waals surface area contributed by atoms with Gasteiger partial charge in [0.15, 0.2) is 0 Å². The van der Waals surface area contributed by atoms with Gasteiger partial charge in [0, 0.05) is 23.6 Å². The van der Waals surface area contributed by atoms with Crippen LogP contribution in [0.2, 0.25) is 5.02 Å². The molecule has 0 spiro atoms. The number of hydrogen-bond acceptors (Lipinski definition) is 5. The molecule has 24 heavy (non-hydrogen) atoms. The first-order chi connectivity index (χ1) is 11.6. The largest absolute Gasteiger partial charge is 0.350 e. The molecule has 0 saturated heterocycles. The van der Waals surface area contributed by atoms with Crippen molar-refractivity contribution in [2.24, 2.45) is 0 Å². The highest BCUT2D eigenvalue weighted by molar-refractivity contribution is 6.30. The Hall–Kier alpha value is -2.80. The van der Waals surface area contributed by atoms with Gasteiger partial charge in [-0.1, -0.05) is 28.9 Å². The van der Waals surface area contributed by atoms with E-state index in [1.807, 2.05) is 6.07 Å². The predicted molar refractivity (Wildman–Crippen MR) is 85.0 cm³/mol.